The number of hydrogen-bond acceptors (Lipinski definition) is 13. The van der Waals surface area contributed by atoms with Crippen LogP contribution in [0.2, 0.25) is 0 Å². The Morgan fingerprint density at radius 3 is 1.90 bits per heavy atom. The van der Waals surface area contributed by atoms with Gasteiger partial charge in [-0.1, -0.05) is 13.8 Å². The molecule has 1 aliphatic rings. The lowest BCUT2D eigenvalue weighted by molar-refractivity contribution is -0.144. The number of ether oxygens (including phenoxy) is 1. The molecule has 0 aliphatic carbocycles. The quantitative estimate of drug-likeness (QED) is 0.0661. The molecular weight excluding hydrogens is 944 g/mol. The number of aliphatic imine (C=N–C) groups is 1. The van der Waals surface area contributed by atoms with Crippen molar-refractivity contribution in [3.8, 4) is 12.1 Å². The first-order valence-corrected chi connectivity index (χ1v) is 21.4. The predicted molar refractivity (Wildman–Crippen MR) is 255 cm³/mol. The molecular formula is C47H41F5N10O5S2. The number of amides is 1. The molecule has 7 rings (SSSR count). The number of nitriles is 2. The van der Waals surface area contributed by atoms with Crippen molar-refractivity contribution < 1.29 is 36.3 Å². The van der Waals surface area contributed by atoms with Gasteiger partial charge in [0.05, 0.1) is 63.8 Å². The van der Waals surface area contributed by atoms with Crippen LogP contribution in [0.4, 0.5) is 44.7 Å². The van der Waals surface area contributed by atoms with Gasteiger partial charge in [-0.25, -0.2) is 23.5 Å². The van der Waals surface area contributed by atoms with Crippen molar-refractivity contribution in [1.29, 1.82) is 10.5 Å². The summed E-state index contributed by atoms with van der Waals surface area (Å²) in [5.41, 5.74) is -2.11. The number of isothiocyanates is 1. The molecule has 6 aromatic rings. The Kier molecular flexibility index (Phi) is 15.6. The number of aryl methyl sites for hydroxylation is 3. The number of anilines is 3. The molecule has 1 aliphatic heterocycles. The van der Waals surface area contributed by atoms with Gasteiger partial charge in [-0.05, 0) is 114 Å². The fourth-order valence-electron chi connectivity index (χ4n) is 6.98. The third kappa shape index (κ3) is 11.0. The summed E-state index contributed by atoms with van der Waals surface area (Å²) in [6.07, 6.45) is -1.19. The lowest BCUT2D eigenvalue weighted by Crippen LogP contribution is -2.44. The molecule has 5 heterocycles. The first-order chi connectivity index (χ1) is 32.4. The van der Waals surface area contributed by atoms with E-state index >= 15 is 4.39 Å². The monoisotopic (exact) mass is 984 g/mol. The van der Waals surface area contributed by atoms with E-state index < -0.39 is 57.5 Å². The Bertz CT molecular complexity index is 3320. The zero-order valence-corrected chi connectivity index (χ0v) is 39.7. The van der Waals surface area contributed by atoms with Crippen molar-refractivity contribution in [3.63, 3.8) is 0 Å². The molecule has 0 atom stereocenters. The van der Waals surface area contributed by atoms with Gasteiger partial charge in [-0.3, -0.25) is 28.1 Å². The molecule has 0 unspecified atom stereocenters. The SMILES string of the molecule is CCc1cc(=O)n2cc(N3C(=S)N(c4ccc(C#N)c(C(F)(F)F)c4)C(=O)C3(C)C)cc(F)c2n1.CCc1cc(=O)n2cc(NC(C)(C)C(=O)OC)cc(F)c2n1.Cc1cc(N=C=S)ccc1C#N. The van der Waals surface area contributed by atoms with Crippen molar-refractivity contribution >= 4 is 80.6 Å². The van der Waals surface area contributed by atoms with E-state index in [-0.39, 0.29) is 39.0 Å². The van der Waals surface area contributed by atoms with Crippen LogP contribution in [-0.4, -0.2) is 59.1 Å². The highest BCUT2D eigenvalue weighted by molar-refractivity contribution is 7.81. The molecule has 22 heteroatoms. The van der Waals surface area contributed by atoms with Gasteiger partial charge in [0.1, 0.15) is 11.1 Å². The van der Waals surface area contributed by atoms with E-state index in [4.69, 9.17) is 22.7 Å². The number of esters is 1. The number of carbonyl (C=O) groups excluding carboxylic acids is 2. The van der Waals surface area contributed by atoms with Gasteiger partial charge >= 0.3 is 12.1 Å². The largest absolute Gasteiger partial charge is 0.467 e. The number of thiocarbonyl (C=S) groups is 2. The van der Waals surface area contributed by atoms with Crippen LogP contribution in [0, 0.1) is 41.2 Å². The van der Waals surface area contributed by atoms with Crippen LogP contribution in [0.25, 0.3) is 11.3 Å². The van der Waals surface area contributed by atoms with Crippen molar-refractivity contribution in [1.82, 2.24) is 18.8 Å². The Morgan fingerprint density at radius 1 is 0.841 bits per heavy atom. The van der Waals surface area contributed by atoms with E-state index in [1.54, 1.807) is 39.0 Å². The average molecular weight is 985 g/mol. The third-order valence-corrected chi connectivity index (χ3v) is 11.0. The first kappa shape index (κ1) is 52.2. The molecule has 0 bridgehead atoms. The van der Waals surface area contributed by atoms with Gasteiger partial charge < -0.3 is 15.0 Å². The molecule has 4 aromatic heterocycles. The summed E-state index contributed by atoms with van der Waals surface area (Å²) >= 11 is 9.90. The number of methoxy groups -OCH3 is 1. The Morgan fingerprint density at radius 2 is 1.39 bits per heavy atom. The number of carbonyl (C=O) groups is 2. The molecule has 2 aromatic carbocycles. The molecule has 0 radical (unpaired) electrons. The molecule has 1 saturated heterocycles. The Hall–Kier alpha value is -7.78. The molecule has 1 amide bonds. The highest BCUT2D eigenvalue weighted by atomic mass is 32.1. The molecule has 0 saturated carbocycles. The molecule has 356 valence electrons. The zero-order chi connectivity index (χ0) is 51.3. The average Bonchev–Trinajstić information content (AvgIpc) is 3.47. The Balaban J connectivity index is 0.000000221. The maximum absolute atomic E-state index is 15.0. The number of hydrogen-bond donors (Lipinski definition) is 1. The number of pyridine rings is 2. The van der Waals surface area contributed by atoms with E-state index in [0.717, 1.165) is 37.1 Å². The maximum atomic E-state index is 15.0. The number of nitrogens with zero attached hydrogens (tertiary/aromatic N) is 9. The minimum atomic E-state index is -4.84. The summed E-state index contributed by atoms with van der Waals surface area (Å²) in [6.45, 7) is 11.6. The van der Waals surface area contributed by atoms with Crippen LogP contribution in [0.1, 0.15) is 75.2 Å². The summed E-state index contributed by atoms with van der Waals surface area (Å²) in [5.74, 6) is -2.65. The van der Waals surface area contributed by atoms with Crippen molar-refractivity contribution in [3.05, 3.63) is 139 Å². The van der Waals surface area contributed by atoms with Crippen LogP contribution in [0.3, 0.4) is 0 Å². The van der Waals surface area contributed by atoms with Gasteiger partial charge in [0.2, 0.25) is 0 Å². The smallest absolute Gasteiger partial charge is 0.417 e. The van der Waals surface area contributed by atoms with Crippen molar-refractivity contribution in [2.75, 3.05) is 22.2 Å². The van der Waals surface area contributed by atoms with E-state index in [1.807, 2.05) is 13.8 Å². The summed E-state index contributed by atoms with van der Waals surface area (Å²) < 4.78 is 76.5. The van der Waals surface area contributed by atoms with Crippen LogP contribution in [0.5, 0.6) is 0 Å². The summed E-state index contributed by atoms with van der Waals surface area (Å²) in [6, 6.07) is 16.5. The van der Waals surface area contributed by atoms with Crippen LogP contribution in [-0.2, 0) is 33.3 Å². The lowest BCUT2D eigenvalue weighted by atomic mass is 10.0. The second kappa shape index (κ2) is 20.6. The maximum Gasteiger partial charge on any atom is 0.417 e. The number of rotatable bonds is 8. The topological polar surface area (TPSA) is 191 Å². The van der Waals surface area contributed by atoms with Gasteiger partial charge in [0.15, 0.2) is 28.0 Å². The van der Waals surface area contributed by atoms with Crippen LogP contribution >= 0.6 is 24.4 Å². The molecule has 69 heavy (non-hydrogen) atoms. The number of benzene rings is 2. The Labute approximate surface area is 401 Å². The summed E-state index contributed by atoms with van der Waals surface area (Å²) in [5, 5.41) is 22.6. The van der Waals surface area contributed by atoms with Gasteiger partial charge in [-0.15, -0.1) is 0 Å². The summed E-state index contributed by atoms with van der Waals surface area (Å²) in [4.78, 5) is 63.8. The van der Waals surface area contributed by atoms with E-state index in [0.29, 0.717) is 35.9 Å². The first-order valence-electron chi connectivity index (χ1n) is 20.6. The molecule has 15 nitrogen and oxygen atoms in total. The number of halogens is 5. The number of alkyl halides is 3. The number of fused-ring (bicyclic) bond motifs is 2. The normalized spacial score (nSPS) is 13.1. The fraction of sp³-hybridized carbons (Fsp3) is 0.277. The lowest BCUT2D eigenvalue weighted by Gasteiger charge is -2.29. The zero-order valence-electron chi connectivity index (χ0n) is 38.1. The van der Waals surface area contributed by atoms with E-state index in [9.17, 15) is 36.7 Å². The van der Waals surface area contributed by atoms with Crippen molar-refractivity contribution in [2.24, 2.45) is 4.99 Å². The highest BCUT2D eigenvalue weighted by Gasteiger charge is 2.51. The highest BCUT2D eigenvalue weighted by Crippen LogP contribution is 2.40. The van der Waals surface area contributed by atoms with Crippen LogP contribution < -0.4 is 26.2 Å². The van der Waals surface area contributed by atoms with Gasteiger partial charge in [0.25, 0.3) is 17.0 Å². The van der Waals surface area contributed by atoms with Gasteiger partial charge in [-0.2, -0.15) is 28.7 Å². The molecule has 1 fully saturated rings. The van der Waals surface area contributed by atoms with Gasteiger partial charge in [0, 0.05) is 48.0 Å². The molecule has 1 N–H and O–H groups in total. The van der Waals surface area contributed by atoms with E-state index in [2.05, 4.69) is 48.5 Å². The number of aromatic nitrogens is 4. The second-order valence-electron chi connectivity index (χ2n) is 16.1. The van der Waals surface area contributed by atoms with Crippen LogP contribution in [0.15, 0.2) is 87.6 Å². The predicted octanol–water partition coefficient (Wildman–Crippen LogP) is 8.56. The standard InChI is InChI=1S/C23H17F4N5O2S.C15H18FN3O3.C9H6N2S/c1-4-13-7-18(33)30-11-15(9-17(24)19(30)29-13)32-21(35)31(20(34)22(32,2)3)14-6-5-12(10-28)16(8-14)23(25,26)27;1-5-9-7-12(20)19-8-10(6-11(16)13(19)17-9)18-15(2,3)14(21)22-4;1-7-4-9(11-6-12)3-2-8(7)5-10/h5-9,11H,4H2,1-3H3;6-8,18H,5H2,1-4H3;2-4H,1H3. The molecule has 0 spiro atoms. The van der Waals surface area contributed by atoms with E-state index in [1.165, 1.54) is 68.6 Å². The minimum absolute atomic E-state index is 0.0363. The summed E-state index contributed by atoms with van der Waals surface area (Å²) in [7, 11) is 1.27. The third-order valence-electron chi connectivity index (χ3n) is 10.5. The van der Waals surface area contributed by atoms with Crippen molar-refractivity contribution in [2.45, 2.75) is 78.6 Å². The second-order valence-corrected chi connectivity index (χ2v) is 16.6. The fourth-order valence-corrected chi connectivity index (χ4v) is 7.61. The number of nitrogens with one attached hydrogen (secondary N) is 1. The minimum Gasteiger partial charge on any atom is -0.467 e.